The number of ether oxygens (including phenoxy) is 2. The molecule has 130 valence electrons. The summed E-state index contributed by atoms with van der Waals surface area (Å²) in [5, 5.41) is 2.22. The Balaban J connectivity index is 1.90. The highest BCUT2D eigenvalue weighted by atomic mass is 32.1. The standard InChI is InChI=1S/C20H27NO2S/c1-15-11-13-24-20(15)17-9-5-4-6-12-21(17)14-16-8-7-10-18(22-2)19(16)23-3/h7-8,10-11,13,17H,4-6,9,12,14H2,1-3H3/t17-/m0/s1. The zero-order valence-corrected chi connectivity index (χ0v) is 15.7. The number of thiophene rings is 1. The minimum Gasteiger partial charge on any atom is -0.493 e. The first-order chi connectivity index (χ1) is 11.7. The van der Waals surface area contributed by atoms with Crippen molar-refractivity contribution >= 4 is 11.3 Å². The number of methoxy groups -OCH3 is 2. The topological polar surface area (TPSA) is 21.7 Å². The molecule has 0 spiro atoms. The fourth-order valence-corrected chi connectivity index (χ4v) is 4.77. The number of para-hydroxylation sites is 1. The van der Waals surface area contributed by atoms with Crippen molar-refractivity contribution in [2.24, 2.45) is 0 Å². The van der Waals surface area contributed by atoms with Crippen LogP contribution in [0.3, 0.4) is 0 Å². The average molecular weight is 346 g/mol. The van der Waals surface area contributed by atoms with Gasteiger partial charge in [-0.25, -0.2) is 0 Å². The molecule has 1 aromatic heterocycles. The molecule has 2 aromatic rings. The normalized spacial score (nSPS) is 19.0. The number of likely N-dealkylation sites (tertiary alicyclic amines) is 1. The molecule has 4 heteroatoms. The van der Waals surface area contributed by atoms with Gasteiger partial charge in [0.15, 0.2) is 11.5 Å². The smallest absolute Gasteiger partial charge is 0.165 e. The maximum atomic E-state index is 5.64. The van der Waals surface area contributed by atoms with Gasteiger partial charge in [0.1, 0.15) is 0 Å². The molecule has 1 atom stereocenters. The van der Waals surface area contributed by atoms with Crippen molar-refractivity contribution in [2.75, 3.05) is 20.8 Å². The molecule has 0 unspecified atom stereocenters. The SMILES string of the molecule is COc1cccc(CN2CCCCC[C@H]2c2sccc2C)c1OC. The molecule has 3 nitrogen and oxygen atoms in total. The number of rotatable bonds is 5. The lowest BCUT2D eigenvalue weighted by Gasteiger charge is -2.30. The van der Waals surface area contributed by atoms with E-state index in [-0.39, 0.29) is 0 Å². The molecule has 0 bridgehead atoms. The predicted molar refractivity (Wildman–Crippen MR) is 100 cm³/mol. The molecular formula is C20H27NO2S. The van der Waals surface area contributed by atoms with Gasteiger partial charge in [0.05, 0.1) is 14.2 Å². The first-order valence-corrected chi connectivity index (χ1v) is 9.60. The number of aryl methyl sites for hydroxylation is 1. The Bertz CT molecular complexity index is 667. The Morgan fingerprint density at radius 3 is 2.71 bits per heavy atom. The number of benzene rings is 1. The molecule has 0 saturated carbocycles. The summed E-state index contributed by atoms with van der Waals surface area (Å²) in [4.78, 5) is 4.15. The van der Waals surface area contributed by atoms with Crippen LogP contribution in [0.1, 0.15) is 47.7 Å². The third kappa shape index (κ3) is 3.60. The van der Waals surface area contributed by atoms with Crippen molar-refractivity contribution in [1.29, 1.82) is 0 Å². The van der Waals surface area contributed by atoms with Crippen molar-refractivity contribution in [3.8, 4) is 11.5 Å². The quantitative estimate of drug-likeness (QED) is 0.744. The van der Waals surface area contributed by atoms with Gasteiger partial charge in [0, 0.05) is 23.0 Å². The van der Waals surface area contributed by atoms with Gasteiger partial charge >= 0.3 is 0 Å². The van der Waals surface area contributed by atoms with Gasteiger partial charge in [-0.1, -0.05) is 25.0 Å². The van der Waals surface area contributed by atoms with E-state index in [2.05, 4.69) is 35.4 Å². The first kappa shape index (κ1) is 17.3. The van der Waals surface area contributed by atoms with E-state index in [0.29, 0.717) is 6.04 Å². The van der Waals surface area contributed by atoms with Gasteiger partial charge in [-0.15, -0.1) is 11.3 Å². The maximum absolute atomic E-state index is 5.64. The Morgan fingerprint density at radius 2 is 2.00 bits per heavy atom. The molecule has 1 aliphatic heterocycles. The Hall–Kier alpha value is -1.52. The Morgan fingerprint density at radius 1 is 1.12 bits per heavy atom. The van der Waals surface area contributed by atoms with Crippen LogP contribution in [-0.2, 0) is 6.54 Å². The molecule has 0 radical (unpaired) electrons. The molecule has 2 heterocycles. The Labute approximate surface area is 149 Å². The molecule has 0 amide bonds. The van der Waals surface area contributed by atoms with Gasteiger partial charge < -0.3 is 9.47 Å². The number of hydrogen-bond donors (Lipinski definition) is 0. The zero-order valence-electron chi connectivity index (χ0n) is 14.9. The third-order valence-electron chi connectivity index (χ3n) is 4.93. The predicted octanol–water partition coefficient (Wildman–Crippen LogP) is 5.19. The highest BCUT2D eigenvalue weighted by molar-refractivity contribution is 7.10. The molecule has 24 heavy (non-hydrogen) atoms. The molecule has 0 aliphatic carbocycles. The summed E-state index contributed by atoms with van der Waals surface area (Å²) >= 11 is 1.90. The summed E-state index contributed by atoms with van der Waals surface area (Å²) in [6.45, 7) is 4.28. The van der Waals surface area contributed by atoms with Crippen LogP contribution in [0.5, 0.6) is 11.5 Å². The van der Waals surface area contributed by atoms with E-state index in [1.54, 1.807) is 14.2 Å². The molecule has 0 N–H and O–H groups in total. The van der Waals surface area contributed by atoms with Crippen molar-refractivity contribution in [1.82, 2.24) is 4.90 Å². The molecular weight excluding hydrogens is 318 g/mol. The highest BCUT2D eigenvalue weighted by Gasteiger charge is 2.26. The highest BCUT2D eigenvalue weighted by Crippen LogP contribution is 2.38. The van der Waals surface area contributed by atoms with Gasteiger partial charge in [0.2, 0.25) is 0 Å². The average Bonchev–Trinajstić information content (AvgIpc) is 2.89. The molecule has 1 aliphatic rings. The van der Waals surface area contributed by atoms with E-state index in [1.807, 2.05) is 17.4 Å². The van der Waals surface area contributed by atoms with Crippen molar-refractivity contribution in [3.63, 3.8) is 0 Å². The van der Waals surface area contributed by atoms with Crippen molar-refractivity contribution in [3.05, 3.63) is 45.6 Å². The van der Waals surface area contributed by atoms with Crippen LogP contribution >= 0.6 is 11.3 Å². The van der Waals surface area contributed by atoms with Crippen molar-refractivity contribution < 1.29 is 9.47 Å². The summed E-state index contributed by atoms with van der Waals surface area (Å²) < 4.78 is 11.1. The van der Waals surface area contributed by atoms with Crippen molar-refractivity contribution in [2.45, 2.75) is 45.2 Å². The first-order valence-electron chi connectivity index (χ1n) is 8.72. The fourth-order valence-electron chi connectivity index (χ4n) is 3.68. The monoisotopic (exact) mass is 345 g/mol. The second-order valence-corrected chi connectivity index (χ2v) is 7.40. The summed E-state index contributed by atoms with van der Waals surface area (Å²) in [6.07, 6.45) is 5.15. The maximum Gasteiger partial charge on any atom is 0.165 e. The number of hydrogen-bond acceptors (Lipinski definition) is 4. The molecule has 1 saturated heterocycles. The van der Waals surface area contributed by atoms with E-state index in [4.69, 9.17) is 9.47 Å². The third-order valence-corrected chi connectivity index (χ3v) is 6.05. The van der Waals surface area contributed by atoms with E-state index in [0.717, 1.165) is 24.6 Å². The minimum absolute atomic E-state index is 0.517. The van der Waals surface area contributed by atoms with Crippen LogP contribution in [0.4, 0.5) is 0 Å². The van der Waals surface area contributed by atoms with E-state index < -0.39 is 0 Å². The van der Waals surface area contributed by atoms with Crippen LogP contribution in [0, 0.1) is 6.92 Å². The number of nitrogens with zero attached hydrogens (tertiary/aromatic N) is 1. The van der Waals surface area contributed by atoms with Gasteiger partial charge in [0.25, 0.3) is 0 Å². The van der Waals surface area contributed by atoms with E-state index in [1.165, 1.54) is 41.7 Å². The van der Waals surface area contributed by atoms with Crippen LogP contribution in [-0.4, -0.2) is 25.7 Å². The lowest BCUT2D eigenvalue weighted by atomic mass is 10.0. The lowest BCUT2D eigenvalue weighted by Crippen LogP contribution is -2.28. The lowest BCUT2D eigenvalue weighted by molar-refractivity contribution is 0.192. The summed E-state index contributed by atoms with van der Waals surface area (Å²) in [5.41, 5.74) is 2.63. The van der Waals surface area contributed by atoms with Crippen LogP contribution in [0.2, 0.25) is 0 Å². The van der Waals surface area contributed by atoms with E-state index in [9.17, 15) is 0 Å². The summed E-state index contributed by atoms with van der Waals surface area (Å²) in [6, 6.07) is 8.94. The van der Waals surface area contributed by atoms with Crippen LogP contribution in [0.15, 0.2) is 29.6 Å². The second-order valence-electron chi connectivity index (χ2n) is 6.46. The summed E-state index contributed by atoms with van der Waals surface area (Å²) in [7, 11) is 3.43. The fraction of sp³-hybridized carbons (Fsp3) is 0.500. The molecule has 1 aromatic carbocycles. The van der Waals surface area contributed by atoms with Gasteiger partial charge in [-0.3, -0.25) is 4.90 Å². The summed E-state index contributed by atoms with van der Waals surface area (Å²) in [5.74, 6) is 1.68. The molecule has 3 rings (SSSR count). The van der Waals surface area contributed by atoms with Crippen LogP contribution < -0.4 is 9.47 Å². The van der Waals surface area contributed by atoms with Gasteiger partial charge in [-0.05, 0) is 49.4 Å². The largest absolute Gasteiger partial charge is 0.493 e. The zero-order chi connectivity index (χ0) is 16.9. The van der Waals surface area contributed by atoms with Gasteiger partial charge in [-0.2, -0.15) is 0 Å². The van der Waals surface area contributed by atoms with E-state index >= 15 is 0 Å². The molecule has 1 fully saturated rings. The second kappa shape index (κ2) is 8.04. The minimum atomic E-state index is 0.517. The Kier molecular flexibility index (Phi) is 5.80. The van der Waals surface area contributed by atoms with Crippen LogP contribution in [0.25, 0.3) is 0 Å².